The van der Waals surface area contributed by atoms with Crippen LogP contribution in [0.2, 0.25) is 0 Å². The van der Waals surface area contributed by atoms with Crippen LogP contribution in [0.15, 0.2) is 35.2 Å². The molecule has 46 heavy (non-hydrogen) atoms. The number of sulfonamides is 1. The average molecular weight is 677 g/mol. The first-order valence-corrected chi connectivity index (χ1v) is 16.2. The molecule has 246 valence electrons. The first-order chi connectivity index (χ1) is 22.1. The molecule has 0 bridgehead atoms. The van der Waals surface area contributed by atoms with E-state index in [2.05, 4.69) is 5.32 Å². The van der Waals surface area contributed by atoms with E-state index in [0.717, 1.165) is 16.5 Å². The quantitative estimate of drug-likeness (QED) is 0.296. The summed E-state index contributed by atoms with van der Waals surface area (Å²) in [5.41, 5.74) is 1.42. The number of rotatable bonds is 11. The highest BCUT2D eigenvalue weighted by atomic mass is 32.2. The van der Waals surface area contributed by atoms with Gasteiger partial charge in [0.2, 0.25) is 16.8 Å². The largest absolute Gasteiger partial charge is 0.493 e. The van der Waals surface area contributed by atoms with E-state index in [4.69, 9.17) is 33.2 Å². The Morgan fingerprint density at radius 1 is 0.978 bits per heavy atom. The predicted molar refractivity (Wildman–Crippen MR) is 164 cm³/mol. The summed E-state index contributed by atoms with van der Waals surface area (Å²) in [6.07, 6.45) is 0.347. The number of nitrogens with zero attached hydrogens (tertiary/aromatic N) is 1. The first kappa shape index (κ1) is 33.0. The number of morpholine rings is 1. The van der Waals surface area contributed by atoms with Gasteiger partial charge in [-0.25, -0.2) is 18.0 Å². The molecule has 1 aromatic heterocycles. The molecule has 16 heteroatoms. The summed E-state index contributed by atoms with van der Waals surface area (Å²) in [5, 5.41) is 2.86. The monoisotopic (exact) mass is 676 g/mol. The zero-order chi connectivity index (χ0) is 33.0. The molecule has 1 fully saturated rings. The molecule has 1 N–H and O–H groups in total. The van der Waals surface area contributed by atoms with Gasteiger partial charge in [-0.3, -0.25) is 4.79 Å². The number of thiophene rings is 1. The molecular formula is C30H32N2O12S2. The van der Waals surface area contributed by atoms with Crippen molar-refractivity contribution in [2.45, 2.75) is 18.2 Å². The predicted octanol–water partition coefficient (Wildman–Crippen LogP) is 3.00. The van der Waals surface area contributed by atoms with E-state index >= 15 is 0 Å². The summed E-state index contributed by atoms with van der Waals surface area (Å²) in [4.78, 5) is 39.6. The summed E-state index contributed by atoms with van der Waals surface area (Å²) >= 11 is 1.17. The van der Waals surface area contributed by atoms with E-state index in [1.807, 2.05) is 19.1 Å². The van der Waals surface area contributed by atoms with Gasteiger partial charge in [-0.2, -0.15) is 4.31 Å². The number of hydrogen-bond acceptors (Lipinski definition) is 13. The Hall–Kier alpha value is -4.38. The van der Waals surface area contributed by atoms with Crippen LogP contribution in [0, 0.1) is 6.92 Å². The molecule has 0 atom stereocenters. The second kappa shape index (κ2) is 13.9. The Balaban J connectivity index is 1.34. The van der Waals surface area contributed by atoms with E-state index in [-0.39, 0.29) is 65.6 Å². The molecule has 1 saturated heterocycles. The van der Waals surface area contributed by atoms with Crippen molar-refractivity contribution in [2.24, 2.45) is 0 Å². The Morgan fingerprint density at radius 3 is 2.41 bits per heavy atom. The van der Waals surface area contributed by atoms with Crippen molar-refractivity contribution in [1.82, 2.24) is 4.31 Å². The topological polar surface area (TPSA) is 165 Å². The van der Waals surface area contributed by atoms with E-state index in [9.17, 15) is 22.8 Å². The fourth-order valence-corrected chi connectivity index (χ4v) is 7.53. The van der Waals surface area contributed by atoms with Crippen LogP contribution in [-0.4, -0.2) is 91.6 Å². The van der Waals surface area contributed by atoms with E-state index in [1.54, 1.807) is 6.07 Å². The van der Waals surface area contributed by atoms with Gasteiger partial charge in [-0.1, -0.05) is 6.07 Å². The van der Waals surface area contributed by atoms with Gasteiger partial charge >= 0.3 is 11.9 Å². The molecule has 0 aliphatic carbocycles. The maximum absolute atomic E-state index is 13.3. The van der Waals surface area contributed by atoms with Gasteiger partial charge < -0.3 is 38.5 Å². The second-order valence-electron chi connectivity index (χ2n) is 10.0. The van der Waals surface area contributed by atoms with Crippen LogP contribution in [0.1, 0.15) is 36.7 Å². The minimum Gasteiger partial charge on any atom is -0.493 e. The third-order valence-corrected chi connectivity index (χ3v) is 10.2. The number of methoxy groups -OCH3 is 3. The summed E-state index contributed by atoms with van der Waals surface area (Å²) in [7, 11) is -0.194. The Kier molecular flexibility index (Phi) is 10.0. The lowest BCUT2D eigenvalue weighted by atomic mass is 10.0. The minimum absolute atomic E-state index is 0.0139. The fourth-order valence-electron chi connectivity index (χ4n) is 5.00. The van der Waals surface area contributed by atoms with Gasteiger partial charge in [0.05, 0.1) is 45.0 Å². The highest BCUT2D eigenvalue weighted by molar-refractivity contribution is 7.89. The smallest absolute Gasteiger partial charge is 0.342 e. The Bertz CT molecular complexity index is 1760. The molecular weight excluding hydrogens is 644 g/mol. The first-order valence-electron chi connectivity index (χ1n) is 14.0. The zero-order valence-corrected chi connectivity index (χ0v) is 27.1. The number of aryl methyl sites for hydroxylation is 1. The number of benzene rings is 2. The van der Waals surface area contributed by atoms with E-state index in [0.29, 0.717) is 23.5 Å². The molecule has 5 rings (SSSR count). The number of anilines is 1. The standard InChI is InChI=1S/C30H32N2O12S2/c1-17-20(11-18-5-6-22-23(12-18)44-16-43-22)26(30(35)40-4)28(45-17)31-25(33)15-42-29(34)21-13-19(14-24(38-2)27(21)39-3)46(36,37)32-7-9-41-10-8-32/h5-6,12-14H,7-11,15-16H2,1-4H3,(H,31,33). The molecule has 3 heterocycles. The third kappa shape index (κ3) is 6.74. The summed E-state index contributed by atoms with van der Waals surface area (Å²) in [6.45, 7) is 1.95. The van der Waals surface area contributed by atoms with Crippen molar-refractivity contribution in [3.63, 3.8) is 0 Å². The van der Waals surface area contributed by atoms with Crippen LogP contribution in [0.4, 0.5) is 5.00 Å². The van der Waals surface area contributed by atoms with Crippen LogP contribution >= 0.6 is 11.3 Å². The normalized spacial score (nSPS) is 14.4. The molecule has 0 unspecified atom stereocenters. The van der Waals surface area contributed by atoms with Gasteiger partial charge in [-0.15, -0.1) is 11.3 Å². The average Bonchev–Trinajstić information content (AvgIpc) is 3.66. The fraction of sp³-hybridized carbons (Fsp3) is 0.367. The number of hydrogen-bond donors (Lipinski definition) is 1. The van der Waals surface area contributed by atoms with Gasteiger partial charge in [0.15, 0.2) is 29.6 Å². The highest BCUT2D eigenvalue weighted by Crippen LogP contribution is 2.38. The van der Waals surface area contributed by atoms with E-state index < -0.39 is 34.5 Å². The zero-order valence-electron chi connectivity index (χ0n) is 25.5. The summed E-state index contributed by atoms with van der Waals surface area (Å²) < 4.78 is 64.9. The Morgan fingerprint density at radius 2 is 1.72 bits per heavy atom. The van der Waals surface area contributed by atoms with Crippen LogP contribution in [-0.2, 0) is 35.4 Å². The van der Waals surface area contributed by atoms with Crippen LogP contribution in [0.25, 0.3) is 0 Å². The molecule has 2 aromatic carbocycles. The maximum atomic E-state index is 13.3. The van der Waals surface area contributed by atoms with E-state index in [1.165, 1.54) is 43.0 Å². The number of fused-ring (bicyclic) bond motifs is 1. The van der Waals surface area contributed by atoms with Crippen molar-refractivity contribution in [2.75, 3.05) is 66.3 Å². The van der Waals surface area contributed by atoms with Crippen LogP contribution in [0.5, 0.6) is 23.0 Å². The number of ether oxygens (including phenoxy) is 7. The summed E-state index contributed by atoms with van der Waals surface area (Å²) in [5.74, 6) is -1.27. The number of amides is 1. The van der Waals surface area contributed by atoms with Gasteiger partial charge in [0, 0.05) is 24.0 Å². The molecule has 0 radical (unpaired) electrons. The van der Waals surface area contributed by atoms with Crippen molar-refractivity contribution in [1.29, 1.82) is 0 Å². The van der Waals surface area contributed by atoms with Crippen LogP contribution in [0.3, 0.4) is 0 Å². The molecule has 2 aliphatic rings. The molecule has 0 saturated carbocycles. The third-order valence-electron chi connectivity index (χ3n) is 7.28. The number of nitrogens with one attached hydrogen (secondary N) is 1. The lowest BCUT2D eigenvalue weighted by Crippen LogP contribution is -2.40. The Labute approximate surface area is 269 Å². The molecule has 2 aliphatic heterocycles. The molecule has 0 spiro atoms. The molecule has 14 nitrogen and oxygen atoms in total. The lowest BCUT2D eigenvalue weighted by molar-refractivity contribution is -0.119. The maximum Gasteiger partial charge on any atom is 0.342 e. The van der Waals surface area contributed by atoms with Crippen molar-refractivity contribution in [3.05, 3.63) is 57.5 Å². The molecule has 3 aromatic rings. The second-order valence-corrected chi connectivity index (χ2v) is 13.2. The highest BCUT2D eigenvalue weighted by Gasteiger charge is 2.31. The van der Waals surface area contributed by atoms with Gasteiger partial charge in [0.1, 0.15) is 10.6 Å². The number of carbonyl (C=O) groups is 3. The summed E-state index contributed by atoms with van der Waals surface area (Å²) in [6, 6.07) is 7.83. The van der Waals surface area contributed by atoms with Gasteiger partial charge in [0.25, 0.3) is 5.91 Å². The van der Waals surface area contributed by atoms with Crippen molar-refractivity contribution < 1.29 is 56.0 Å². The van der Waals surface area contributed by atoms with Gasteiger partial charge in [-0.05, 0) is 42.7 Å². The molecule has 1 amide bonds. The number of carbonyl (C=O) groups excluding carboxylic acids is 3. The number of esters is 2. The SMILES string of the molecule is COC(=O)c1c(NC(=O)COC(=O)c2cc(S(=O)(=O)N3CCOCC3)cc(OC)c2OC)sc(C)c1Cc1ccc2c(c1)OCO2. The van der Waals surface area contributed by atoms with Crippen LogP contribution < -0.4 is 24.3 Å². The van der Waals surface area contributed by atoms with Crippen molar-refractivity contribution in [3.8, 4) is 23.0 Å². The van der Waals surface area contributed by atoms with Crippen molar-refractivity contribution >= 4 is 44.2 Å². The minimum atomic E-state index is -4.02. The lowest BCUT2D eigenvalue weighted by Gasteiger charge is -2.26.